The van der Waals surface area contributed by atoms with Crippen molar-refractivity contribution < 1.29 is 13.2 Å². The molecule has 1 aromatic carbocycles. The molecule has 1 aliphatic carbocycles. The Labute approximate surface area is 166 Å². The third kappa shape index (κ3) is 4.70. The summed E-state index contributed by atoms with van der Waals surface area (Å²) in [6, 6.07) is 9.76. The Balaban J connectivity index is 1.63. The molecule has 1 saturated carbocycles. The number of pyridine rings is 1. The summed E-state index contributed by atoms with van der Waals surface area (Å²) in [7, 11) is -3.39. The standard InChI is InChI=1S/C21H27N3O3S/c1-15-5-3-6-16(2)20(15)28(26,27)19-10-8-18(9-11-19)24-21(25)23-14-17-7-4-12-22-13-17/h4,7-13,15-16,20H,3,5-6,14H2,1-2H3,(H2,23,24,25). The summed E-state index contributed by atoms with van der Waals surface area (Å²) in [5.41, 5.74) is 1.45. The first-order valence-electron chi connectivity index (χ1n) is 9.65. The zero-order chi connectivity index (χ0) is 20.1. The number of sulfone groups is 1. The molecule has 0 aliphatic heterocycles. The van der Waals surface area contributed by atoms with E-state index >= 15 is 0 Å². The van der Waals surface area contributed by atoms with Gasteiger partial charge in [-0.15, -0.1) is 0 Å². The number of urea groups is 1. The number of nitrogens with zero attached hydrogens (tertiary/aromatic N) is 1. The summed E-state index contributed by atoms with van der Waals surface area (Å²) in [5, 5.41) is 5.13. The molecule has 0 saturated heterocycles. The van der Waals surface area contributed by atoms with Crippen molar-refractivity contribution in [2.45, 2.75) is 49.8 Å². The molecule has 1 aromatic heterocycles. The van der Waals surface area contributed by atoms with E-state index in [0.29, 0.717) is 17.1 Å². The Kier molecular flexibility index (Phi) is 6.34. The van der Waals surface area contributed by atoms with Crippen LogP contribution in [-0.4, -0.2) is 24.7 Å². The first kappa shape index (κ1) is 20.3. The molecule has 7 heteroatoms. The van der Waals surface area contributed by atoms with Crippen LogP contribution in [-0.2, 0) is 16.4 Å². The van der Waals surface area contributed by atoms with E-state index in [4.69, 9.17) is 0 Å². The highest BCUT2D eigenvalue weighted by Crippen LogP contribution is 2.36. The third-order valence-corrected chi connectivity index (χ3v) is 7.99. The van der Waals surface area contributed by atoms with Gasteiger partial charge in [-0.2, -0.15) is 0 Å². The fourth-order valence-corrected chi connectivity index (χ4v) is 6.33. The Bertz CT molecular complexity index is 888. The highest BCUT2D eigenvalue weighted by molar-refractivity contribution is 7.92. The summed E-state index contributed by atoms with van der Waals surface area (Å²) in [5.74, 6) is 0.314. The maximum Gasteiger partial charge on any atom is 0.319 e. The highest BCUT2D eigenvalue weighted by atomic mass is 32.2. The van der Waals surface area contributed by atoms with E-state index in [-0.39, 0.29) is 23.1 Å². The summed E-state index contributed by atoms with van der Waals surface area (Å²) in [6.07, 6.45) is 6.35. The fourth-order valence-electron chi connectivity index (χ4n) is 4.01. The van der Waals surface area contributed by atoms with Crippen molar-refractivity contribution in [1.29, 1.82) is 0 Å². The highest BCUT2D eigenvalue weighted by Gasteiger charge is 2.38. The summed E-state index contributed by atoms with van der Waals surface area (Å²) in [6.45, 7) is 4.42. The van der Waals surface area contributed by atoms with Gasteiger partial charge in [0.25, 0.3) is 0 Å². The van der Waals surface area contributed by atoms with Crippen LogP contribution in [0.4, 0.5) is 10.5 Å². The number of hydrogen-bond donors (Lipinski definition) is 2. The molecule has 2 amide bonds. The van der Waals surface area contributed by atoms with Gasteiger partial charge in [-0.05, 0) is 60.6 Å². The van der Waals surface area contributed by atoms with Crippen LogP contribution in [0.25, 0.3) is 0 Å². The van der Waals surface area contributed by atoms with Gasteiger partial charge in [0.15, 0.2) is 9.84 Å². The van der Waals surface area contributed by atoms with Gasteiger partial charge in [0.1, 0.15) is 0 Å². The third-order valence-electron chi connectivity index (χ3n) is 5.42. The van der Waals surface area contributed by atoms with Crippen LogP contribution in [0, 0.1) is 11.8 Å². The molecule has 0 radical (unpaired) electrons. The van der Waals surface area contributed by atoms with Crippen molar-refractivity contribution in [2.24, 2.45) is 11.8 Å². The Morgan fingerprint density at radius 1 is 1.11 bits per heavy atom. The number of hydrogen-bond acceptors (Lipinski definition) is 4. The number of anilines is 1. The van der Waals surface area contributed by atoms with E-state index in [1.165, 1.54) is 0 Å². The number of rotatable bonds is 5. The molecule has 2 N–H and O–H groups in total. The molecule has 2 aromatic rings. The quantitative estimate of drug-likeness (QED) is 0.792. The number of amides is 2. The van der Waals surface area contributed by atoms with Crippen molar-refractivity contribution in [3.63, 3.8) is 0 Å². The second-order valence-corrected chi connectivity index (χ2v) is 9.69. The monoisotopic (exact) mass is 401 g/mol. The lowest BCUT2D eigenvalue weighted by Gasteiger charge is -2.34. The van der Waals surface area contributed by atoms with E-state index in [2.05, 4.69) is 15.6 Å². The normalized spacial score (nSPS) is 22.4. The van der Waals surface area contributed by atoms with Crippen molar-refractivity contribution in [2.75, 3.05) is 5.32 Å². The van der Waals surface area contributed by atoms with Crippen molar-refractivity contribution >= 4 is 21.6 Å². The Morgan fingerprint density at radius 3 is 2.39 bits per heavy atom. The first-order valence-corrected chi connectivity index (χ1v) is 11.2. The zero-order valence-corrected chi connectivity index (χ0v) is 17.1. The molecule has 1 heterocycles. The van der Waals surface area contributed by atoms with Gasteiger partial charge in [0.05, 0.1) is 10.1 Å². The van der Waals surface area contributed by atoms with Gasteiger partial charge < -0.3 is 10.6 Å². The largest absolute Gasteiger partial charge is 0.334 e. The van der Waals surface area contributed by atoms with Gasteiger partial charge in [0.2, 0.25) is 0 Å². The summed E-state index contributed by atoms with van der Waals surface area (Å²) in [4.78, 5) is 16.4. The Hall–Kier alpha value is -2.41. The predicted octanol–water partition coefficient (Wildman–Crippen LogP) is 4.00. The molecule has 0 bridgehead atoms. The lowest BCUT2D eigenvalue weighted by atomic mass is 9.83. The van der Waals surface area contributed by atoms with Crippen LogP contribution in [0.2, 0.25) is 0 Å². The molecular weight excluding hydrogens is 374 g/mol. The van der Waals surface area contributed by atoms with Crippen LogP contribution in [0.3, 0.4) is 0 Å². The number of aromatic nitrogens is 1. The maximum atomic E-state index is 13.1. The van der Waals surface area contributed by atoms with Crippen LogP contribution in [0.1, 0.15) is 38.7 Å². The molecule has 28 heavy (non-hydrogen) atoms. The summed E-state index contributed by atoms with van der Waals surface area (Å²) < 4.78 is 26.2. The minimum absolute atomic E-state index is 0.157. The second kappa shape index (κ2) is 8.73. The van der Waals surface area contributed by atoms with Crippen LogP contribution in [0.15, 0.2) is 53.7 Å². The zero-order valence-electron chi connectivity index (χ0n) is 16.3. The molecule has 2 atom stereocenters. The number of benzene rings is 1. The molecular formula is C21H27N3O3S. The molecule has 0 spiro atoms. The predicted molar refractivity (Wildman–Crippen MR) is 110 cm³/mol. The van der Waals surface area contributed by atoms with E-state index < -0.39 is 9.84 Å². The number of nitrogens with one attached hydrogen (secondary N) is 2. The van der Waals surface area contributed by atoms with Gasteiger partial charge >= 0.3 is 6.03 Å². The van der Waals surface area contributed by atoms with Gasteiger partial charge in [0, 0.05) is 24.6 Å². The second-order valence-electron chi connectivity index (χ2n) is 7.59. The maximum absolute atomic E-state index is 13.1. The van der Waals surface area contributed by atoms with Crippen LogP contribution < -0.4 is 10.6 Å². The van der Waals surface area contributed by atoms with E-state index in [1.807, 2.05) is 26.0 Å². The lowest BCUT2D eigenvalue weighted by Crippen LogP contribution is -2.37. The number of carbonyl (C=O) groups excluding carboxylic acids is 1. The van der Waals surface area contributed by atoms with Crippen molar-refractivity contribution in [3.8, 4) is 0 Å². The summed E-state index contributed by atoms with van der Waals surface area (Å²) >= 11 is 0. The molecule has 150 valence electrons. The van der Waals surface area contributed by atoms with Gasteiger partial charge in [-0.1, -0.05) is 26.3 Å². The van der Waals surface area contributed by atoms with E-state index in [9.17, 15) is 13.2 Å². The van der Waals surface area contributed by atoms with Crippen molar-refractivity contribution in [1.82, 2.24) is 10.3 Å². The minimum atomic E-state index is -3.39. The van der Waals surface area contributed by atoms with Crippen LogP contribution >= 0.6 is 0 Å². The topological polar surface area (TPSA) is 88.2 Å². The van der Waals surface area contributed by atoms with E-state index in [1.54, 1.807) is 36.7 Å². The van der Waals surface area contributed by atoms with E-state index in [0.717, 1.165) is 24.8 Å². The molecule has 3 rings (SSSR count). The van der Waals surface area contributed by atoms with Crippen molar-refractivity contribution in [3.05, 3.63) is 54.4 Å². The fraction of sp³-hybridized carbons (Fsp3) is 0.429. The average molecular weight is 402 g/mol. The SMILES string of the molecule is CC1CCCC(C)C1S(=O)(=O)c1ccc(NC(=O)NCc2cccnc2)cc1. The first-order chi connectivity index (χ1) is 13.4. The molecule has 2 unspecified atom stereocenters. The van der Waals surface area contributed by atoms with Gasteiger partial charge in [-0.25, -0.2) is 13.2 Å². The Morgan fingerprint density at radius 2 is 1.79 bits per heavy atom. The number of carbonyl (C=O) groups is 1. The van der Waals surface area contributed by atoms with Crippen LogP contribution in [0.5, 0.6) is 0 Å². The molecule has 1 aliphatic rings. The molecule has 6 nitrogen and oxygen atoms in total. The average Bonchev–Trinajstić information content (AvgIpc) is 2.67. The smallest absolute Gasteiger partial charge is 0.319 e. The minimum Gasteiger partial charge on any atom is -0.334 e. The molecule has 1 fully saturated rings. The lowest BCUT2D eigenvalue weighted by molar-refractivity contribution is 0.251. The van der Waals surface area contributed by atoms with Gasteiger partial charge in [-0.3, -0.25) is 4.98 Å².